The van der Waals surface area contributed by atoms with Crippen molar-refractivity contribution in [2.24, 2.45) is 0 Å². The van der Waals surface area contributed by atoms with Gasteiger partial charge in [0.15, 0.2) is 5.82 Å². The third-order valence-corrected chi connectivity index (χ3v) is 5.74. The molecule has 0 aliphatic carbocycles. The van der Waals surface area contributed by atoms with E-state index in [1.807, 2.05) is 40.7 Å². The van der Waals surface area contributed by atoms with Gasteiger partial charge in [0, 0.05) is 25.0 Å². The normalized spacial score (nSPS) is 17.1. The van der Waals surface area contributed by atoms with Gasteiger partial charge in [0.25, 0.3) is 5.91 Å². The van der Waals surface area contributed by atoms with Gasteiger partial charge in [0.05, 0.1) is 11.4 Å². The van der Waals surface area contributed by atoms with E-state index in [9.17, 15) is 4.79 Å². The third kappa shape index (κ3) is 3.26. The van der Waals surface area contributed by atoms with Crippen molar-refractivity contribution in [1.82, 2.24) is 19.2 Å². The predicted octanol–water partition coefficient (Wildman–Crippen LogP) is 4.68. The Balaban J connectivity index is 1.85. The van der Waals surface area contributed by atoms with E-state index in [2.05, 4.69) is 43.0 Å². The van der Waals surface area contributed by atoms with E-state index in [1.165, 1.54) is 12.0 Å². The van der Waals surface area contributed by atoms with Crippen molar-refractivity contribution in [1.29, 1.82) is 0 Å². The Labute approximate surface area is 166 Å². The van der Waals surface area contributed by atoms with E-state index in [0.29, 0.717) is 11.6 Å². The molecule has 1 aromatic carbocycles. The number of likely N-dealkylation sites (tertiary alicyclic amines) is 1. The molecule has 5 nitrogen and oxygen atoms in total. The number of carbonyl (C=O) groups is 1. The average molecular weight is 377 g/mol. The van der Waals surface area contributed by atoms with Crippen molar-refractivity contribution in [3.63, 3.8) is 0 Å². The summed E-state index contributed by atoms with van der Waals surface area (Å²) in [5.74, 6) is 0.919. The highest BCUT2D eigenvalue weighted by Gasteiger charge is 2.32. The van der Waals surface area contributed by atoms with Crippen molar-refractivity contribution in [3.05, 3.63) is 65.6 Å². The molecule has 146 valence electrons. The first-order valence-corrected chi connectivity index (χ1v) is 10.2. The molecule has 0 N–H and O–H groups in total. The lowest BCUT2D eigenvalue weighted by molar-refractivity contribution is 0.0607. The van der Waals surface area contributed by atoms with Crippen molar-refractivity contribution in [2.75, 3.05) is 6.54 Å². The summed E-state index contributed by atoms with van der Waals surface area (Å²) >= 11 is 0. The molecular formula is C23H28N4O. The molecule has 3 heterocycles. The maximum atomic E-state index is 13.7. The molecule has 5 heteroatoms. The monoisotopic (exact) mass is 376 g/mol. The summed E-state index contributed by atoms with van der Waals surface area (Å²) in [7, 11) is 0. The standard InChI is InChI=1S/C23H28N4O/c1-4-19-9-5-6-16-26(19)23(28)21-18(3)24-27(20-12-10-17(2)11-13-20)22(21)25-14-7-8-15-25/h7-8,10-15,19H,4-6,9,16H2,1-3H3/t19-/m0/s1. The van der Waals surface area contributed by atoms with E-state index in [4.69, 9.17) is 5.10 Å². The summed E-state index contributed by atoms with van der Waals surface area (Å²) < 4.78 is 3.89. The molecular weight excluding hydrogens is 348 g/mol. The van der Waals surface area contributed by atoms with Crippen molar-refractivity contribution in [2.45, 2.75) is 52.5 Å². The second kappa shape index (κ2) is 7.66. The van der Waals surface area contributed by atoms with Gasteiger partial charge in [0.1, 0.15) is 5.56 Å². The molecule has 0 bridgehead atoms. The number of amides is 1. The van der Waals surface area contributed by atoms with E-state index in [0.717, 1.165) is 43.0 Å². The van der Waals surface area contributed by atoms with Gasteiger partial charge in [-0.2, -0.15) is 5.10 Å². The fourth-order valence-electron chi connectivity index (χ4n) is 4.18. The molecule has 1 aliphatic heterocycles. The highest BCUT2D eigenvalue weighted by molar-refractivity contribution is 5.99. The zero-order chi connectivity index (χ0) is 19.7. The van der Waals surface area contributed by atoms with Gasteiger partial charge < -0.3 is 9.47 Å². The van der Waals surface area contributed by atoms with Crippen molar-refractivity contribution >= 4 is 5.91 Å². The minimum absolute atomic E-state index is 0.103. The lowest BCUT2D eigenvalue weighted by atomic mass is 9.99. The van der Waals surface area contributed by atoms with Crippen LogP contribution >= 0.6 is 0 Å². The van der Waals surface area contributed by atoms with E-state index in [-0.39, 0.29) is 5.91 Å². The second-order valence-electron chi connectivity index (χ2n) is 7.68. The Kier molecular flexibility index (Phi) is 5.07. The first-order valence-electron chi connectivity index (χ1n) is 10.2. The summed E-state index contributed by atoms with van der Waals surface area (Å²) in [4.78, 5) is 15.7. The molecule has 1 saturated heterocycles. The van der Waals surface area contributed by atoms with Crippen LogP contribution in [0.15, 0.2) is 48.8 Å². The van der Waals surface area contributed by atoms with Crippen LogP contribution < -0.4 is 0 Å². The van der Waals surface area contributed by atoms with Crippen molar-refractivity contribution in [3.8, 4) is 11.5 Å². The molecule has 0 unspecified atom stereocenters. The molecule has 1 amide bonds. The van der Waals surface area contributed by atoms with Gasteiger partial charge in [0.2, 0.25) is 0 Å². The number of rotatable bonds is 4. The fraction of sp³-hybridized carbons (Fsp3) is 0.391. The second-order valence-corrected chi connectivity index (χ2v) is 7.68. The number of hydrogen-bond acceptors (Lipinski definition) is 2. The summed E-state index contributed by atoms with van der Waals surface area (Å²) in [6, 6.07) is 12.5. The Hall–Kier alpha value is -2.82. The fourth-order valence-corrected chi connectivity index (χ4v) is 4.18. The Morgan fingerprint density at radius 2 is 1.82 bits per heavy atom. The molecule has 4 rings (SSSR count). The van der Waals surface area contributed by atoms with Crippen LogP contribution in [-0.4, -0.2) is 37.7 Å². The SMILES string of the molecule is CC[C@H]1CCCCN1C(=O)c1c(C)nn(-c2ccc(C)cc2)c1-n1cccc1. The van der Waals surface area contributed by atoms with Gasteiger partial charge in [-0.25, -0.2) is 4.68 Å². The Bertz CT molecular complexity index is 953. The maximum absolute atomic E-state index is 13.7. The molecule has 3 aromatic rings. The smallest absolute Gasteiger partial charge is 0.259 e. The van der Waals surface area contributed by atoms with Gasteiger partial charge in [-0.1, -0.05) is 24.6 Å². The van der Waals surface area contributed by atoms with Crippen LogP contribution in [0.1, 0.15) is 54.2 Å². The maximum Gasteiger partial charge on any atom is 0.259 e. The minimum Gasteiger partial charge on any atom is -0.336 e. The van der Waals surface area contributed by atoms with Crippen LogP contribution in [0.5, 0.6) is 0 Å². The van der Waals surface area contributed by atoms with Crippen LogP contribution in [0.3, 0.4) is 0 Å². The molecule has 1 fully saturated rings. The van der Waals surface area contributed by atoms with Crippen LogP contribution in [0, 0.1) is 13.8 Å². The third-order valence-electron chi connectivity index (χ3n) is 5.74. The molecule has 2 aromatic heterocycles. The first kappa shape index (κ1) is 18.5. The minimum atomic E-state index is 0.103. The summed E-state index contributed by atoms with van der Waals surface area (Å²) in [5.41, 5.74) is 3.64. The van der Waals surface area contributed by atoms with Crippen molar-refractivity contribution < 1.29 is 4.79 Å². The number of aryl methyl sites for hydroxylation is 2. The van der Waals surface area contributed by atoms with Gasteiger partial charge in [-0.05, 0) is 63.8 Å². The van der Waals surface area contributed by atoms with E-state index < -0.39 is 0 Å². The van der Waals surface area contributed by atoms with Crippen LogP contribution in [0.25, 0.3) is 11.5 Å². The van der Waals surface area contributed by atoms with Gasteiger partial charge >= 0.3 is 0 Å². The molecule has 0 saturated carbocycles. The summed E-state index contributed by atoms with van der Waals surface area (Å²) in [5, 5.41) is 4.78. The summed E-state index contributed by atoms with van der Waals surface area (Å²) in [6.45, 7) is 7.01. The van der Waals surface area contributed by atoms with Crippen LogP contribution in [-0.2, 0) is 0 Å². The van der Waals surface area contributed by atoms with Crippen LogP contribution in [0.2, 0.25) is 0 Å². The number of piperidine rings is 1. The highest BCUT2D eigenvalue weighted by Crippen LogP contribution is 2.28. The topological polar surface area (TPSA) is 43.1 Å². The molecule has 0 spiro atoms. The lowest BCUT2D eigenvalue weighted by Crippen LogP contribution is -2.43. The lowest BCUT2D eigenvalue weighted by Gasteiger charge is -2.35. The summed E-state index contributed by atoms with van der Waals surface area (Å²) in [6.07, 6.45) is 8.32. The number of benzene rings is 1. The predicted molar refractivity (Wildman–Crippen MR) is 111 cm³/mol. The number of hydrogen-bond donors (Lipinski definition) is 0. The zero-order valence-electron chi connectivity index (χ0n) is 16.9. The Morgan fingerprint density at radius 3 is 2.50 bits per heavy atom. The average Bonchev–Trinajstić information content (AvgIpc) is 3.35. The largest absolute Gasteiger partial charge is 0.336 e. The van der Waals surface area contributed by atoms with Crippen LogP contribution in [0.4, 0.5) is 0 Å². The number of aromatic nitrogens is 3. The molecule has 28 heavy (non-hydrogen) atoms. The Morgan fingerprint density at radius 1 is 1.11 bits per heavy atom. The zero-order valence-corrected chi connectivity index (χ0v) is 16.9. The highest BCUT2D eigenvalue weighted by atomic mass is 16.2. The van der Waals surface area contributed by atoms with E-state index >= 15 is 0 Å². The molecule has 1 aliphatic rings. The van der Waals surface area contributed by atoms with E-state index in [1.54, 1.807) is 0 Å². The van der Waals surface area contributed by atoms with Gasteiger partial charge in [-0.15, -0.1) is 0 Å². The quantitative estimate of drug-likeness (QED) is 0.663. The van der Waals surface area contributed by atoms with Gasteiger partial charge in [-0.3, -0.25) is 4.79 Å². The number of carbonyl (C=O) groups excluding carboxylic acids is 1. The molecule has 1 atom stereocenters. The number of nitrogens with zero attached hydrogens (tertiary/aromatic N) is 4. The first-order chi connectivity index (χ1) is 13.6. The molecule has 0 radical (unpaired) electrons.